The van der Waals surface area contributed by atoms with E-state index in [9.17, 15) is 4.79 Å². The molecular weight excluding hydrogens is 212 g/mol. The monoisotopic (exact) mass is 240 g/mol. The topological polar surface area (TPSA) is 41.1 Å². The maximum atomic E-state index is 11.7. The largest absolute Gasteiger partial charge is 0.355 e. The molecule has 100 valence electrons. The number of hydrogen-bond acceptors (Lipinski definition) is 2. The molecule has 1 saturated carbocycles. The average molecular weight is 240 g/mol. The molecule has 2 unspecified atom stereocenters. The van der Waals surface area contributed by atoms with Crippen LogP contribution in [0.2, 0.25) is 0 Å². The normalized spacial score (nSPS) is 20.9. The third-order valence-corrected chi connectivity index (χ3v) is 3.87. The van der Waals surface area contributed by atoms with Gasteiger partial charge in [0, 0.05) is 12.6 Å². The van der Waals surface area contributed by atoms with Crippen LogP contribution < -0.4 is 10.6 Å². The van der Waals surface area contributed by atoms with Gasteiger partial charge in [-0.1, -0.05) is 26.2 Å². The highest BCUT2D eigenvalue weighted by Crippen LogP contribution is 2.27. The molecule has 3 nitrogen and oxygen atoms in total. The zero-order chi connectivity index (χ0) is 12.7. The third kappa shape index (κ3) is 4.66. The first-order chi connectivity index (χ1) is 8.19. The van der Waals surface area contributed by atoms with Crippen molar-refractivity contribution in [2.24, 2.45) is 5.92 Å². The maximum absolute atomic E-state index is 11.7. The van der Waals surface area contributed by atoms with Gasteiger partial charge in [-0.15, -0.1) is 0 Å². The number of likely N-dealkylation sites (N-methyl/N-ethyl adjacent to an activating group) is 1. The maximum Gasteiger partial charge on any atom is 0.236 e. The molecule has 3 heteroatoms. The Morgan fingerprint density at radius 2 is 1.88 bits per heavy atom. The van der Waals surface area contributed by atoms with E-state index >= 15 is 0 Å². The molecule has 1 amide bonds. The summed E-state index contributed by atoms with van der Waals surface area (Å²) in [7, 11) is 0. The van der Waals surface area contributed by atoms with E-state index in [1.54, 1.807) is 0 Å². The van der Waals surface area contributed by atoms with Crippen molar-refractivity contribution in [2.45, 2.75) is 71.4 Å². The molecule has 0 radical (unpaired) electrons. The van der Waals surface area contributed by atoms with E-state index in [1.165, 1.54) is 32.1 Å². The SMILES string of the molecule is CCNC(=O)C(C)NC(CC)C1CCCCC1. The Morgan fingerprint density at radius 3 is 2.41 bits per heavy atom. The zero-order valence-electron chi connectivity index (χ0n) is 11.6. The van der Waals surface area contributed by atoms with Gasteiger partial charge in [0.05, 0.1) is 6.04 Å². The summed E-state index contributed by atoms with van der Waals surface area (Å²) in [6.07, 6.45) is 7.88. The highest BCUT2D eigenvalue weighted by atomic mass is 16.2. The van der Waals surface area contributed by atoms with Gasteiger partial charge in [0.25, 0.3) is 0 Å². The number of amides is 1. The molecule has 2 atom stereocenters. The lowest BCUT2D eigenvalue weighted by Crippen LogP contribution is -2.49. The average Bonchev–Trinajstić information content (AvgIpc) is 2.37. The number of hydrogen-bond donors (Lipinski definition) is 2. The first-order valence-electron chi connectivity index (χ1n) is 7.22. The molecule has 1 aliphatic rings. The minimum absolute atomic E-state index is 0.0678. The van der Waals surface area contributed by atoms with Crippen LogP contribution in [0.3, 0.4) is 0 Å². The Bertz CT molecular complexity index is 224. The lowest BCUT2D eigenvalue weighted by molar-refractivity contribution is -0.123. The third-order valence-electron chi connectivity index (χ3n) is 3.87. The van der Waals surface area contributed by atoms with Crippen LogP contribution in [0, 0.1) is 5.92 Å². The lowest BCUT2D eigenvalue weighted by atomic mass is 9.82. The predicted molar refractivity (Wildman–Crippen MR) is 71.9 cm³/mol. The number of carbonyl (C=O) groups is 1. The fraction of sp³-hybridized carbons (Fsp3) is 0.929. The minimum Gasteiger partial charge on any atom is -0.355 e. The molecule has 0 bridgehead atoms. The van der Waals surface area contributed by atoms with Gasteiger partial charge in [-0.2, -0.15) is 0 Å². The molecule has 1 fully saturated rings. The van der Waals surface area contributed by atoms with Crippen LogP contribution in [0.15, 0.2) is 0 Å². The van der Waals surface area contributed by atoms with Crippen molar-refractivity contribution < 1.29 is 4.79 Å². The first kappa shape index (κ1) is 14.5. The van der Waals surface area contributed by atoms with Gasteiger partial charge in [0.1, 0.15) is 0 Å². The molecule has 0 aromatic carbocycles. The number of carbonyl (C=O) groups excluding carboxylic acids is 1. The van der Waals surface area contributed by atoms with Crippen molar-refractivity contribution >= 4 is 5.91 Å². The van der Waals surface area contributed by atoms with Gasteiger partial charge in [0.2, 0.25) is 5.91 Å². The van der Waals surface area contributed by atoms with E-state index < -0.39 is 0 Å². The van der Waals surface area contributed by atoms with Crippen molar-refractivity contribution in [1.29, 1.82) is 0 Å². The van der Waals surface area contributed by atoms with Crippen LogP contribution in [0.25, 0.3) is 0 Å². The van der Waals surface area contributed by atoms with Gasteiger partial charge in [-0.05, 0) is 39.0 Å². The molecule has 2 N–H and O–H groups in total. The lowest BCUT2D eigenvalue weighted by Gasteiger charge is -2.32. The second-order valence-electron chi connectivity index (χ2n) is 5.20. The standard InChI is InChI=1S/C14H28N2O/c1-4-13(12-9-7-6-8-10-12)16-11(3)14(17)15-5-2/h11-13,16H,4-10H2,1-3H3,(H,15,17). The van der Waals surface area contributed by atoms with Crippen LogP contribution >= 0.6 is 0 Å². The van der Waals surface area contributed by atoms with Crippen LogP contribution in [0.1, 0.15) is 59.3 Å². The fourth-order valence-electron chi connectivity index (χ4n) is 2.85. The second kappa shape index (κ2) is 7.70. The van der Waals surface area contributed by atoms with Gasteiger partial charge in [0.15, 0.2) is 0 Å². The number of nitrogens with one attached hydrogen (secondary N) is 2. The molecule has 1 aliphatic carbocycles. The zero-order valence-corrected chi connectivity index (χ0v) is 11.6. The highest BCUT2D eigenvalue weighted by molar-refractivity contribution is 5.81. The summed E-state index contributed by atoms with van der Waals surface area (Å²) in [6, 6.07) is 0.440. The Morgan fingerprint density at radius 1 is 1.24 bits per heavy atom. The number of rotatable bonds is 6. The van der Waals surface area contributed by atoms with Gasteiger partial charge in [-0.25, -0.2) is 0 Å². The molecule has 0 spiro atoms. The van der Waals surface area contributed by atoms with Crippen molar-refractivity contribution in [2.75, 3.05) is 6.54 Å². The van der Waals surface area contributed by atoms with E-state index in [0.717, 1.165) is 12.3 Å². The first-order valence-corrected chi connectivity index (χ1v) is 7.22. The highest BCUT2D eigenvalue weighted by Gasteiger charge is 2.25. The molecule has 0 aromatic heterocycles. The van der Waals surface area contributed by atoms with E-state index in [4.69, 9.17) is 0 Å². The minimum atomic E-state index is -0.0678. The molecule has 17 heavy (non-hydrogen) atoms. The molecule has 0 aromatic rings. The van der Waals surface area contributed by atoms with Gasteiger partial charge < -0.3 is 10.6 Å². The van der Waals surface area contributed by atoms with E-state index in [1.807, 2.05) is 13.8 Å². The molecule has 0 aliphatic heterocycles. The predicted octanol–water partition coefficient (Wildman–Crippen LogP) is 2.46. The van der Waals surface area contributed by atoms with Crippen LogP contribution in [0.5, 0.6) is 0 Å². The van der Waals surface area contributed by atoms with Gasteiger partial charge >= 0.3 is 0 Å². The molecule has 1 rings (SSSR count). The summed E-state index contributed by atoms with van der Waals surface area (Å²) in [5.41, 5.74) is 0. The summed E-state index contributed by atoms with van der Waals surface area (Å²) >= 11 is 0. The Labute approximate surface area is 106 Å². The summed E-state index contributed by atoms with van der Waals surface area (Å²) < 4.78 is 0. The Kier molecular flexibility index (Phi) is 6.56. The molecule has 0 saturated heterocycles. The Hall–Kier alpha value is -0.570. The van der Waals surface area contributed by atoms with Crippen LogP contribution in [-0.4, -0.2) is 24.5 Å². The van der Waals surface area contributed by atoms with E-state index in [0.29, 0.717) is 12.6 Å². The molecule has 0 heterocycles. The Balaban J connectivity index is 2.41. The van der Waals surface area contributed by atoms with Crippen LogP contribution in [-0.2, 0) is 4.79 Å². The van der Waals surface area contributed by atoms with Crippen LogP contribution in [0.4, 0.5) is 0 Å². The van der Waals surface area contributed by atoms with E-state index in [2.05, 4.69) is 17.6 Å². The smallest absolute Gasteiger partial charge is 0.236 e. The van der Waals surface area contributed by atoms with Crippen molar-refractivity contribution in [3.63, 3.8) is 0 Å². The van der Waals surface area contributed by atoms with Crippen molar-refractivity contribution in [1.82, 2.24) is 10.6 Å². The van der Waals surface area contributed by atoms with Crippen molar-refractivity contribution in [3.8, 4) is 0 Å². The summed E-state index contributed by atoms with van der Waals surface area (Å²) in [5, 5.41) is 6.39. The summed E-state index contributed by atoms with van der Waals surface area (Å²) in [6.45, 7) is 6.86. The summed E-state index contributed by atoms with van der Waals surface area (Å²) in [5.74, 6) is 0.896. The van der Waals surface area contributed by atoms with Gasteiger partial charge in [-0.3, -0.25) is 4.79 Å². The van der Waals surface area contributed by atoms with E-state index in [-0.39, 0.29) is 11.9 Å². The van der Waals surface area contributed by atoms with Crippen molar-refractivity contribution in [3.05, 3.63) is 0 Å². The fourth-order valence-corrected chi connectivity index (χ4v) is 2.85. The summed E-state index contributed by atoms with van der Waals surface area (Å²) in [4.78, 5) is 11.7. The molecular formula is C14H28N2O. The second-order valence-corrected chi connectivity index (χ2v) is 5.20. The quantitative estimate of drug-likeness (QED) is 0.749.